The minimum absolute atomic E-state index is 0.0109. The molecule has 0 radical (unpaired) electrons. The second-order valence-corrected chi connectivity index (χ2v) is 22.3. The second-order valence-electron chi connectivity index (χ2n) is 22.3. The van der Waals surface area contributed by atoms with Gasteiger partial charge in [0, 0.05) is 19.3 Å². The first-order valence-electron chi connectivity index (χ1n) is 23.1. The van der Waals surface area contributed by atoms with Gasteiger partial charge in [0.05, 0.1) is 39.0 Å². The molecule has 1 saturated heterocycles. The number of nitrogens with one attached hydrogen (secondary N) is 1. The summed E-state index contributed by atoms with van der Waals surface area (Å²) in [5.74, 6) is -2.96. The van der Waals surface area contributed by atoms with Gasteiger partial charge in [0.25, 0.3) is 0 Å². The van der Waals surface area contributed by atoms with Gasteiger partial charge in [-0.2, -0.15) is 0 Å². The van der Waals surface area contributed by atoms with Gasteiger partial charge in [-0.25, -0.2) is 9.67 Å². The molecule has 0 unspecified atom stereocenters. The highest BCUT2D eigenvalue weighted by Crippen LogP contribution is 2.37. The summed E-state index contributed by atoms with van der Waals surface area (Å²) in [5, 5.41) is 8.10. The van der Waals surface area contributed by atoms with Crippen molar-refractivity contribution in [3.8, 4) is 11.6 Å². The van der Waals surface area contributed by atoms with E-state index < -0.39 is 88.3 Å². The fourth-order valence-electron chi connectivity index (χ4n) is 6.26. The van der Waals surface area contributed by atoms with Crippen LogP contribution in [0.15, 0.2) is 36.5 Å². The molecule has 0 bridgehead atoms. The fourth-order valence-corrected chi connectivity index (χ4v) is 6.26. The maximum Gasteiger partial charge on any atom is 0.316 e. The lowest BCUT2D eigenvalue weighted by atomic mass is 9.93. The van der Waals surface area contributed by atoms with E-state index in [2.05, 4.69) is 10.3 Å². The van der Waals surface area contributed by atoms with Gasteiger partial charge < -0.3 is 44.2 Å². The molecule has 3 aromatic rings. The van der Waals surface area contributed by atoms with Crippen LogP contribution < -0.4 is 20.5 Å². The molecule has 376 valence electrons. The molecule has 2 aromatic heterocycles. The molecule has 18 heteroatoms. The van der Waals surface area contributed by atoms with Crippen molar-refractivity contribution in [2.24, 2.45) is 32.8 Å². The van der Waals surface area contributed by atoms with Gasteiger partial charge in [0.2, 0.25) is 24.2 Å². The van der Waals surface area contributed by atoms with E-state index in [9.17, 15) is 28.8 Å². The van der Waals surface area contributed by atoms with Gasteiger partial charge >= 0.3 is 29.8 Å². The van der Waals surface area contributed by atoms with E-state index in [1.54, 1.807) is 127 Å². The zero-order valence-corrected chi connectivity index (χ0v) is 42.5. The maximum absolute atomic E-state index is 13.9. The predicted octanol–water partition coefficient (Wildman–Crippen LogP) is 6.20. The number of carbonyl (C=O) groups excluding carboxylic acids is 6. The molecule has 3 heterocycles. The molecule has 1 aliphatic heterocycles. The summed E-state index contributed by atoms with van der Waals surface area (Å²) in [6.45, 7) is 25.1. The van der Waals surface area contributed by atoms with Crippen molar-refractivity contribution >= 4 is 46.8 Å². The van der Waals surface area contributed by atoms with Crippen molar-refractivity contribution < 1.29 is 61.9 Å². The number of ether oxygens (including phenoxy) is 7. The molecule has 0 spiro atoms. The number of nitrogens with two attached hydrogens (primary N) is 1. The third-order valence-corrected chi connectivity index (χ3v) is 10.5. The van der Waals surface area contributed by atoms with Crippen LogP contribution in [0.3, 0.4) is 0 Å². The summed E-state index contributed by atoms with van der Waals surface area (Å²) in [6.07, 6.45) is -4.51. The first-order valence-corrected chi connectivity index (χ1v) is 23.1. The number of hydrogen-bond donors (Lipinski definition) is 2. The Bertz CT molecular complexity index is 2270. The smallest absolute Gasteiger partial charge is 0.316 e. The van der Waals surface area contributed by atoms with Gasteiger partial charge in [-0.3, -0.25) is 28.8 Å². The van der Waals surface area contributed by atoms with Crippen molar-refractivity contribution in [2.75, 3.05) is 19.7 Å². The molecule has 0 aliphatic carbocycles. The first kappa shape index (κ1) is 55.0. The predicted molar refractivity (Wildman–Crippen MR) is 251 cm³/mol. The summed E-state index contributed by atoms with van der Waals surface area (Å²) in [7, 11) is 0. The zero-order chi connectivity index (χ0) is 51.2. The Morgan fingerprint density at radius 2 is 1.21 bits per heavy atom. The van der Waals surface area contributed by atoms with E-state index in [1.165, 1.54) is 0 Å². The molecule has 0 saturated carbocycles. The first-order chi connectivity index (χ1) is 31.3. The van der Waals surface area contributed by atoms with Crippen LogP contribution >= 0.6 is 0 Å². The number of rotatable bonds is 16. The number of fused-ring (bicyclic) bond motifs is 1. The van der Waals surface area contributed by atoms with E-state index in [1.807, 2.05) is 18.2 Å². The zero-order valence-electron chi connectivity index (χ0n) is 42.5. The summed E-state index contributed by atoms with van der Waals surface area (Å²) in [6, 6.07) is 9.05. The van der Waals surface area contributed by atoms with Crippen molar-refractivity contribution in [1.29, 1.82) is 0 Å². The molecule has 1 aromatic carbocycles. The lowest BCUT2D eigenvalue weighted by molar-refractivity contribution is -0.294. The summed E-state index contributed by atoms with van der Waals surface area (Å²) >= 11 is 0. The van der Waals surface area contributed by atoms with Gasteiger partial charge in [0.15, 0.2) is 17.9 Å². The van der Waals surface area contributed by atoms with Crippen molar-refractivity contribution in [1.82, 2.24) is 20.1 Å². The van der Waals surface area contributed by atoms with Crippen molar-refractivity contribution in [3.05, 3.63) is 47.7 Å². The van der Waals surface area contributed by atoms with E-state index in [0.717, 1.165) is 11.1 Å². The van der Waals surface area contributed by atoms with Crippen LogP contribution in [0.1, 0.15) is 121 Å². The topological polar surface area (TPSA) is 236 Å². The number of pyridine rings is 1. The third kappa shape index (κ3) is 14.9. The average Bonchev–Trinajstić information content (AvgIpc) is 3.58. The number of nitrogens with zero attached hydrogens (tertiary/aromatic N) is 3. The molecule has 1 amide bonds. The third-order valence-electron chi connectivity index (χ3n) is 10.5. The van der Waals surface area contributed by atoms with Crippen LogP contribution in [-0.2, 0) is 71.8 Å². The van der Waals surface area contributed by atoms with Gasteiger partial charge in [0.1, 0.15) is 18.5 Å². The van der Waals surface area contributed by atoms with Crippen molar-refractivity contribution in [2.45, 2.75) is 160 Å². The number of carbonyl (C=O) groups is 6. The number of aryl methyl sites for hydroxylation is 3. The van der Waals surface area contributed by atoms with Crippen LogP contribution in [0.25, 0.3) is 11.0 Å². The Kier molecular flexibility index (Phi) is 17.6. The summed E-state index contributed by atoms with van der Waals surface area (Å²) in [5.41, 5.74) is 2.78. The minimum atomic E-state index is -1.62. The Hall–Kier alpha value is -5.62. The number of aromatic nitrogens is 3. The maximum atomic E-state index is 13.9. The van der Waals surface area contributed by atoms with Crippen LogP contribution in [-0.4, -0.2) is 101 Å². The van der Waals surface area contributed by atoms with Gasteiger partial charge in [-0.15, -0.1) is 5.10 Å². The number of hydrogen-bond acceptors (Lipinski definition) is 16. The highest BCUT2D eigenvalue weighted by Gasteiger charge is 2.56. The van der Waals surface area contributed by atoms with E-state index in [0.29, 0.717) is 36.0 Å². The molecule has 3 N–H and O–H groups in total. The van der Waals surface area contributed by atoms with Crippen LogP contribution in [0.5, 0.6) is 11.6 Å². The van der Waals surface area contributed by atoms with Gasteiger partial charge in [-0.05, 0) is 152 Å². The molecular weight excluding hydrogens is 879 g/mol. The lowest BCUT2D eigenvalue weighted by Gasteiger charge is -2.45. The number of esters is 5. The molecule has 18 nitrogen and oxygen atoms in total. The van der Waals surface area contributed by atoms with Crippen LogP contribution in [0.2, 0.25) is 0 Å². The number of benzene rings is 1. The quantitative estimate of drug-likeness (QED) is 0.0704. The Labute approximate surface area is 400 Å². The minimum Gasteiger partial charge on any atom is -0.462 e. The van der Waals surface area contributed by atoms with Crippen molar-refractivity contribution in [3.63, 3.8) is 0 Å². The molecule has 68 heavy (non-hydrogen) atoms. The fraction of sp³-hybridized carbons (Fsp3) is 0.640. The Morgan fingerprint density at radius 3 is 1.74 bits per heavy atom. The standard InChI is InChI=1S/C50H73N5O13/c1-46(2,3)41(57)62-28-32-35(65-43(59)48(7,8)9)36(66-44(60)49(10,11)12)37(67-45(61)50(13,14)15)40(64-32)68-39-34-30(20-17-29-18-21-31(22-19-29)63-42(58)47(4,5)6)23-25-53-38(34)55(54-39)26-16-24-52-33(56)27-51/h18-19,21-23,25,32,35-37,40H,16-17,20,24,26-28,51H2,1-15H3,(H,52,56)/t32-,35-,36+,37-,40+/m1/s1. The summed E-state index contributed by atoms with van der Waals surface area (Å²) in [4.78, 5) is 84.0. The second kappa shape index (κ2) is 21.8. The van der Waals surface area contributed by atoms with E-state index in [-0.39, 0.29) is 37.4 Å². The van der Waals surface area contributed by atoms with Crippen LogP contribution in [0, 0.1) is 27.1 Å². The Balaban J connectivity index is 1.89. The lowest BCUT2D eigenvalue weighted by Crippen LogP contribution is -2.65. The van der Waals surface area contributed by atoms with E-state index >= 15 is 0 Å². The monoisotopic (exact) mass is 952 g/mol. The normalized spacial score (nSPS) is 19.1. The summed E-state index contributed by atoms with van der Waals surface area (Å²) < 4.78 is 44.9. The molecule has 4 rings (SSSR count). The molecular formula is C50H73N5O13. The van der Waals surface area contributed by atoms with Crippen LogP contribution in [0.4, 0.5) is 0 Å². The molecule has 1 aliphatic rings. The SMILES string of the molecule is CC(C)(C)C(=O)OC[C@H]1O[C@@H](Oc2nn(CCCNC(=O)CN)c3nccc(CCc4ccc(OC(=O)C(C)(C)C)cc4)c23)[C@H](OC(=O)C(C)(C)C)[C@@H](OC(=O)C(C)(C)C)[C@@H]1OC(=O)C(C)(C)C. The molecule has 1 fully saturated rings. The highest BCUT2D eigenvalue weighted by molar-refractivity contribution is 5.85. The van der Waals surface area contributed by atoms with E-state index in [4.69, 9.17) is 44.0 Å². The Morgan fingerprint density at radius 1 is 0.676 bits per heavy atom. The average molecular weight is 952 g/mol. The molecule has 5 atom stereocenters. The van der Waals surface area contributed by atoms with Gasteiger partial charge in [-0.1, -0.05) is 12.1 Å². The highest BCUT2D eigenvalue weighted by atomic mass is 16.7. The largest absolute Gasteiger partial charge is 0.462 e. The number of amides is 1.